The minimum atomic E-state index is -0.326. The number of anilines is 2. The summed E-state index contributed by atoms with van der Waals surface area (Å²) in [6.45, 7) is 1.48. The Morgan fingerprint density at radius 1 is 1.00 bits per heavy atom. The summed E-state index contributed by atoms with van der Waals surface area (Å²) in [7, 11) is 1.68. The fourth-order valence-electron chi connectivity index (χ4n) is 4.35. The zero-order valence-electron chi connectivity index (χ0n) is 16.9. The summed E-state index contributed by atoms with van der Waals surface area (Å²) in [6, 6.07) is 22.9. The largest absolute Gasteiger partial charge is 0.497 e. The lowest BCUT2D eigenvalue weighted by Crippen LogP contribution is -2.31. The highest BCUT2D eigenvalue weighted by Gasteiger charge is 2.37. The molecule has 2 aliphatic heterocycles. The smallest absolute Gasteiger partial charge is 0.122 e. The Bertz CT molecular complexity index is 1120. The van der Waals surface area contributed by atoms with E-state index < -0.39 is 0 Å². The van der Waals surface area contributed by atoms with Crippen LogP contribution in [0, 0.1) is 0 Å². The van der Waals surface area contributed by atoms with Gasteiger partial charge in [0.25, 0.3) is 0 Å². The zero-order valence-corrected chi connectivity index (χ0v) is 16.9. The summed E-state index contributed by atoms with van der Waals surface area (Å²) in [5, 5.41) is 6.82. The molecule has 1 unspecified atom stereocenters. The van der Waals surface area contributed by atoms with Gasteiger partial charge >= 0.3 is 0 Å². The van der Waals surface area contributed by atoms with Crippen LogP contribution in [0.4, 0.5) is 11.4 Å². The number of rotatable bonds is 5. The molecule has 0 bridgehead atoms. The average Bonchev–Trinajstić information content (AvgIpc) is 3.40. The fraction of sp³-hybridized carbons (Fsp3) is 0.200. The van der Waals surface area contributed by atoms with E-state index in [2.05, 4.69) is 59.2 Å². The molecule has 0 fully saturated rings. The second-order valence-electron chi connectivity index (χ2n) is 7.78. The Hall–Kier alpha value is -3.60. The molecule has 152 valence electrons. The van der Waals surface area contributed by atoms with Crippen LogP contribution in [0.2, 0.25) is 0 Å². The Labute approximate surface area is 176 Å². The first kappa shape index (κ1) is 18.4. The van der Waals surface area contributed by atoms with E-state index in [4.69, 9.17) is 15.2 Å². The number of methoxy groups -OCH3 is 1. The van der Waals surface area contributed by atoms with Gasteiger partial charge in [-0.3, -0.25) is 0 Å². The van der Waals surface area contributed by atoms with Crippen LogP contribution in [-0.4, -0.2) is 20.3 Å². The van der Waals surface area contributed by atoms with Gasteiger partial charge in [0.15, 0.2) is 0 Å². The van der Waals surface area contributed by atoms with Crippen LogP contribution in [-0.2, 0) is 11.8 Å². The molecule has 2 heterocycles. The van der Waals surface area contributed by atoms with Crippen LogP contribution >= 0.6 is 0 Å². The molecule has 30 heavy (non-hydrogen) atoms. The summed E-state index contributed by atoms with van der Waals surface area (Å²) in [4.78, 5) is 0. The van der Waals surface area contributed by atoms with Crippen LogP contribution in [0.15, 0.2) is 78.6 Å². The maximum atomic E-state index is 6.19. The van der Waals surface area contributed by atoms with Gasteiger partial charge in [0.05, 0.1) is 25.0 Å². The lowest BCUT2D eigenvalue weighted by molar-refractivity contribution is 0.356. The molecular weight excluding hydrogens is 374 g/mol. The predicted molar refractivity (Wildman–Crippen MR) is 119 cm³/mol. The van der Waals surface area contributed by atoms with Gasteiger partial charge in [-0.1, -0.05) is 30.3 Å². The van der Waals surface area contributed by atoms with Crippen LogP contribution < -0.4 is 25.8 Å². The van der Waals surface area contributed by atoms with E-state index in [0.717, 1.165) is 42.4 Å². The first-order valence-electron chi connectivity index (χ1n) is 10.2. The molecule has 0 amide bonds. The molecule has 0 radical (unpaired) electrons. The molecule has 2 aliphatic rings. The van der Waals surface area contributed by atoms with Crippen molar-refractivity contribution in [1.82, 2.24) is 5.32 Å². The number of nitrogens with one attached hydrogen (secondary N) is 2. The third-order valence-corrected chi connectivity index (χ3v) is 5.91. The van der Waals surface area contributed by atoms with Gasteiger partial charge < -0.3 is 25.8 Å². The van der Waals surface area contributed by atoms with Crippen molar-refractivity contribution < 1.29 is 9.47 Å². The molecular formula is C25H25N3O2. The predicted octanol–water partition coefficient (Wildman–Crippen LogP) is 4.06. The van der Waals surface area contributed by atoms with E-state index in [1.165, 1.54) is 16.7 Å². The molecule has 0 spiro atoms. The summed E-state index contributed by atoms with van der Waals surface area (Å²) >= 11 is 0. The molecule has 0 saturated heterocycles. The van der Waals surface area contributed by atoms with Crippen molar-refractivity contribution in [3.63, 3.8) is 0 Å². The Morgan fingerprint density at radius 3 is 2.60 bits per heavy atom. The molecule has 3 aromatic carbocycles. The molecule has 0 saturated carbocycles. The number of nitrogens with two attached hydrogens (primary N) is 1. The van der Waals surface area contributed by atoms with Crippen molar-refractivity contribution in [2.24, 2.45) is 5.73 Å². The number of hydrogen-bond donors (Lipinski definition) is 3. The first-order chi connectivity index (χ1) is 14.7. The quantitative estimate of drug-likeness (QED) is 0.604. The topological polar surface area (TPSA) is 68.5 Å². The molecule has 3 aromatic rings. The third-order valence-electron chi connectivity index (χ3n) is 5.91. The number of ether oxygens (including phenoxy) is 2. The highest BCUT2D eigenvalue weighted by Crippen LogP contribution is 2.40. The van der Waals surface area contributed by atoms with E-state index in [-0.39, 0.29) is 5.41 Å². The average molecular weight is 399 g/mol. The van der Waals surface area contributed by atoms with Crippen LogP contribution in [0.5, 0.6) is 11.5 Å². The van der Waals surface area contributed by atoms with Crippen molar-refractivity contribution in [1.29, 1.82) is 0 Å². The van der Waals surface area contributed by atoms with E-state index >= 15 is 0 Å². The van der Waals surface area contributed by atoms with Crippen molar-refractivity contribution >= 4 is 11.4 Å². The Morgan fingerprint density at radius 2 is 1.80 bits per heavy atom. The third kappa shape index (κ3) is 3.22. The van der Waals surface area contributed by atoms with Crippen molar-refractivity contribution in [3.8, 4) is 11.5 Å². The second-order valence-corrected chi connectivity index (χ2v) is 7.78. The maximum absolute atomic E-state index is 6.19. The molecule has 1 atom stereocenters. The monoisotopic (exact) mass is 399 g/mol. The van der Waals surface area contributed by atoms with E-state index in [1.54, 1.807) is 7.11 Å². The van der Waals surface area contributed by atoms with Gasteiger partial charge in [-0.25, -0.2) is 0 Å². The molecule has 5 nitrogen and oxygen atoms in total. The minimum Gasteiger partial charge on any atom is -0.497 e. The molecule has 5 rings (SSSR count). The van der Waals surface area contributed by atoms with E-state index in [9.17, 15) is 0 Å². The van der Waals surface area contributed by atoms with Gasteiger partial charge in [-0.15, -0.1) is 0 Å². The van der Waals surface area contributed by atoms with Gasteiger partial charge in [-0.05, 0) is 53.1 Å². The zero-order chi connectivity index (χ0) is 20.6. The summed E-state index contributed by atoms with van der Waals surface area (Å²) in [5.41, 5.74) is 11.5. The minimum absolute atomic E-state index is 0.326. The van der Waals surface area contributed by atoms with Crippen molar-refractivity contribution in [3.05, 3.63) is 95.3 Å². The lowest BCUT2D eigenvalue weighted by atomic mass is 9.74. The first-order valence-corrected chi connectivity index (χ1v) is 10.2. The number of hydrogen-bond acceptors (Lipinski definition) is 5. The SMILES string of the molecule is COc1cccc(Nc2cccc(C3(c4ccc5c(c4)CCO5)C=C(N)NC3)c2)c1. The number of fused-ring (bicyclic) bond motifs is 1. The normalized spacial score (nSPS) is 19.4. The summed E-state index contributed by atoms with van der Waals surface area (Å²) in [6.07, 6.45) is 3.08. The fourth-order valence-corrected chi connectivity index (χ4v) is 4.35. The van der Waals surface area contributed by atoms with Crippen LogP contribution in [0.3, 0.4) is 0 Å². The molecule has 4 N–H and O–H groups in total. The van der Waals surface area contributed by atoms with E-state index in [1.807, 2.05) is 24.3 Å². The Balaban J connectivity index is 1.54. The summed E-state index contributed by atoms with van der Waals surface area (Å²) < 4.78 is 11.0. The van der Waals surface area contributed by atoms with Crippen molar-refractivity contribution in [2.45, 2.75) is 11.8 Å². The van der Waals surface area contributed by atoms with Gasteiger partial charge in [0.2, 0.25) is 0 Å². The van der Waals surface area contributed by atoms with Gasteiger partial charge in [-0.2, -0.15) is 0 Å². The maximum Gasteiger partial charge on any atom is 0.122 e. The van der Waals surface area contributed by atoms with Gasteiger partial charge in [0.1, 0.15) is 11.5 Å². The highest BCUT2D eigenvalue weighted by atomic mass is 16.5. The molecule has 0 aromatic heterocycles. The molecule has 0 aliphatic carbocycles. The highest BCUT2D eigenvalue weighted by molar-refractivity contribution is 5.64. The summed E-state index contributed by atoms with van der Waals surface area (Å²) in [5.74, 6) is 2.52. The van der Waals surface area contributed by atoms with Crippen molar-refractivity contribution in [2.75, 3.05) is 25.6 Å². The molecule has 5 heteroatoms. The standard InChI is InChI=1S/C25H25N3O2/c1-29-22-7-3-6-21(14-22)28-20-5-2-4-18(13-20)25(15-24(26)27-16-25)19-8-9-23-17(12-19)10-11-30-23/h2-9,12-15,27-28H,10-11,16,26H2,1H3. The van der Waals surface area contributed by atoms with E-state index in [0.29, 0.717) is 5.82 Å². The van der Waals surface area contributed by atoms with Gasteiger partial charge in [0, 0.05) is 30.4 Å². The van der Waals surface area contributed by atoms with Crippen LogP contribution in [0.25, 0.3) is 0 Å². The number of benzene rings is 3. The van der Waals surface area contributed by atoms with Crippen LogP contribution in [0.1, 0.15) is 16.7 Å². The second kappa shape index (κ2) is 7.34. The Kier molecular flexibility index (Phi) is 4.51. The lowest BCUT2D eigenvalue weighted by Gasteiger charge is -2.29.